The maximum absolute atomic E-state index is 13.1. The summed E-state index contributed by atoms with van der Waals surface area (Å²) in [6, 6.07) is 12.4. The van der Waals surface area contributed by atoms with Gasteiger partial charge in [0.2, 0.25) is 0 Å². The van der Waals surface area contributed by atoms with E-state index in [1.54, 1.807) is 24.0 Å². The number of hydrogen-bond donors (Lipinski definition) is 0. The zero-order valence-electron chi connectivity index (χ0n) is 14.3. The number of imidazole rings is 1. The third-order valence-electron chi connectivity index (χ3n) is 4.20. The number of halogens is 3. The molecule has 3 aromatic rings. The molecule has 26 heavy (non-hydrogen) atoms. The van der Waals surface area contributed by atoms with E-state index in [1.807, 2.05) is 36.8 Å². The van der Waals surface area contributed by atoms with Crippen LogP contribution in [0.4, 0.5) is 4.39 Å². The summed E-state index contributed by atoms with van der Waals surface area (Å²) >= 11 is 14.3. The molecule has 0 saturated heterocycles. The van der Waals surface area contributed by atoms with E-state index < -0.39 is 0 Å². The van der Waals surface area contributed by atoms with Crippen LogP contribution in [0.25, 0.3) is 0 Å². The fraction of sp³-hybridized carbons (Fsp3) is 0.250. The molecule has 0 spiro atoms. The molecule has 1 atom stereocenters. The smallest absolute Gasteiger partial charge is 0.123 e. The molecular formula is C20H19Cl2FN2S. The predicted octanol–water partition coefficient (Wildman–Crippen LogP) is 6.51. The minimum Gasteiger partial charge on any atom is -0.336 e. The first kappa shape index (κ1) is 19.3. The van der Waals surface area contributed by atoms with Crippen molar-refractivity contribution in [3.63, 3.8) is 0 Å². The fourth-order valence-corrected chi connectivity index (χ4v) is 4.58. The molecule has 0 aliphatic carbocycles. The summed E-state index contributed by atoms with van der Waals surface area (Å²) in [5, 5.41) is 1.14. The largest absolute Gasteiger partial charge is 0.336 e. The van der Waals surface area contributed by atoms with Crippen LogP contribution >= 0.6 is 35.0 Å². The van der Waals surface area contributed by atoms with Gasteiger partial charge in [-0.05, 0) is 49.6 Å². The van der Waals surface area contributed by atoms with Crippen molar-refractivity contribution in [1.29, 1.82) is 0 Å². The van der Waals surface area contributed by atoms with Gasteiger partial charge in [-0.2, -0.15) is 0 Å². The van der Waals surface area contributed by atoms with Crippen LogP contribution in [-0.4, -0.2) is 14.3 Å². The Balaban J connectivity index is 1.81. The van der Waals surface area contributed by atoms with Crippen molar-refractivity contribution in [1.82, 2.24) is 9.55 Å². The number of hydrogen-bond acceptors (Lipinski definition) is 2. The topological polar surface area (TPSA) is 17.8 Å². The van der Waals surface area contributed by atoms with Gasteiger partial charge in [-0.25, -0.2) is 9.37 Å². The van der Waals surface area contributed by atoms with Crippen molar-refractivity contribution in [2.45, 2.75) is 36.0 Å². The Bertz CT molecular complexity index is 853. The predicted molar refractivity (Wildman–Crippen MR) is 108 cm³/mol. The number of rotatable bonds is 7. The van der Waals surface area contributed by atoms with Crippen molar-refractivity contribution in [3.05, 3.63) is 82.6 Å². The lowest BCUT2D eigenvalue weighted by Crippen LogP contribution is -2.27. The van der Waals surface area contributed by atoms with Gasteiger partial charge < -0.3 is 4.57 Å². The van der Waals surface area contributed by atoms with Gasteiger partial charge in [0.15, 0.2) is 0 Å². The summed E-state index contributed by atoms with van der Waals surface area (Å²) in [5.41, 5.74) is 1.11. The molecule has 1 aromatic heterocycles. The fourth-order valence-electron chi connectivity index (χ4n) is 2.82. The van der Waals surface area contributed by atoms with Crippen molar-refractivity contribution in [2.75, 3.05) is 0 Å². The SMILES string of the molecule is CC(CCc1ccc(F)cc1)(Cn1ccnc1)Sc1cccc(Cl)c1Cl. The van der Waals surface area contributed by atoms with E-state index in [0.29, 0.717) is 10.0 Å². The van der Waals surface area contributed by atoms with E-state index >= 15 is 0 Å². The van der Waals surface area contributed by atoms with E-state index in [1.165, 1.54) is 12.1 Å². The molecule has 0 bridgehead atoms. The number of aromatic nitrogens is 2. The highest BCUT2D eigenvalue weighted by atomic mass is 35.5. The average Bonchev–Trinajstić information content (AvgIpc) is 3.11. The molecule has 2 nitrogen and oxygen atoms in total. The molecule has 1 unspecified atom stereocenters. The third kappa shape index (κ3) is 5.03. The first-order chi connectivity index (χ1) is 12.5. The van der Waals surface area contributed by atoms with Crippen LogP contribution in [-0.2, 0) is 13.0 Å². The van der Waals surface area contributed by atoms with Crippen LogP contribution in [0, 0.1) is 5.82 Å². The van der Waals surface area contributed by atoms with E-state index in [0.717, 1.165) is 29.8 Å². The number of nitrogens with zero attached hydrogens (tertiary/aromatic N) is 2. The van der Waals surface area contributed by atoms with Gasteiger partial charge in [-0.15, -0.1) is 11.8 Å². The molecule has 0 amide bonds. The third-order valence-corrected chi connectivity index (χ3v) is 6.52. The molecule has 0 fully saturated rings. The molecule has 0 N–H and O–H groups in total. The van der Waals surface area contributed by atoms with Crippen molar-refractivity contribution >= 4 is 35.0 Å². The molecule has 3 rings (SSSR count). The normalized spacial score (nSPS) is 13.5. The van der Waals surface area contributed by atoms with Crippen LogP contribution in [0.3, 0.4) is 0 Å². The zero-order valence-corrected chi connectivity index (χ0v) is 16.7. The average molecular weight is 409 g/mol. The molecule has 0 aliphatic heterocycles. The first-order valence-corrected chi connectivity index (χ1v) is 9.86. The molecule has 1 heterocycles. The first-order valence-electron chi connectivity index (χ1n) is 8.28. The Morgan fingerprint density at radius 1 is 1.15 bits per heavy atom. The summed E-state index contributed by atoms with van der Waals surface area (Å²) < 4.78 is 15.1. The maximum atomic E-state index is 13.1. The highest BCUT2D eigenvalue weighted by Crippen LogP contribution is 2.42. The Labute approximate surface area is 167 Å². The second-order valence-corrected chi connectivity index (χ2v) is 8.88. The Kier molecular flexibility index (Phi) is 6.28. The van der Waals surface area contributed by atoms with Gasteiger partial charge in [-0.1, -0.05) is 41.4 Å². The van der Waals surface area contributed by atoms with Crippen LogP contribution in [0.5, 0.6) is 0 Å². The molecule has 2 aromatic carbocycles. The van der Waals surface area contributed by atoms with Crippen LogP contribution < -0.4 is 0 Å². The summed E-state index contributed by atoms with van der Waals surface area (Å²) in [6.45, 7) is 2.99. The minimum atomic E-state index is -0.213. The van der Waals surface area contributed by atoms with E-state index in [2.05, 4.69) is 16.5 Å². The summed E-state index contributed by atoms with van der Waals surface area (Å²) in [6.07, 6.45) is 7.28. The molecule has 0 radical (unpaired) electrons. The quantitative estimate of drug-likeness (QED) is 0.414. The monoisotopic (exact) mass is 408 g/mol. The lowest BCUT2D eigenvalue weighted by atomic mass is 10.00. The molecule has 136 valence electrons. The van der Waals surface area contributed by atoms with Gasteiger partial charge in [0.05, 0.1) is 16.4 Å². The highest BCUT2D eigenvalue weighted by molar-refractivity contribution is 8.00. The van der Waals surface area contributed by atoms with Gasteiger partial charge in [-0.3, -0.25) is 0 Å². The molecule has 6 heteroatoms. The van der Waals surface area contributed by atoms with E-state index in [4.69, 9.17) is 23.2 Å². The van der Waals surface area contributed by atoms with Gasteiger partial charge in [0.25, 0.3) is 0 Å². The number of aryl methyl sites for hydroxylation is 1. The van der Waals surface area contributed by atoms with Gasteiger partial charge >= 0.3 is 0 Å². The maximum Gasteiger partial charge on any atom is 0.123 e. The summed E-state index contributed by atoms with van der Waals surface area (Å²) in [5.74, 6) is -0.213. The standard InChI is InChI=1S/C20H19Cl2FN2S/c1-20(13-25-12-11-24-14-25,10-9-15-5-7-16(23)8-6-15)26-18-4-2-3-17(21)19(18)22/h2-8,11-12,14H,9-10,13H2,1H3. The van der Waals surface area contributed by atoms with E-state index in [-0.39, 0.29) is 10.6 Å². The summed E-state index contributed by atoms with van der Waals surface area (Å²) in [4.78, 5) is 5.10. The Morgan fingerprint density at radius 3 is 2.62 bits per heavy atom. The van der Waals surface area contributed by atoms with Crippen molar-refractivity contribution in [3.8, 4) is 0 Å². The minimum absolute atomic E-state index is 0.136. The Hall–Kier alpha value is -1.49. The van der Waals surface area contributed by atoms with Crippen molar-refractivity contribution in [2.24, 2.45) is 0 Å². The lowest BCUT2D eigenvalue weighted by molar-refractivity contribution is 0.495. The van der Waals surface area contributed by atoms with Crippen molar-refractivity contribution < 1.29 is 4.39 Å². The van der Waals surface area contributed by atoms with Gasteiger partial charge in [0.1, 0.15) is 5.82 Å². The number of benzene rings is 2. The highest BCUT2D eigenvalue weighted by Gasteiger charge is 2.27. The van der Waals surface area contributed by atoms with Crippen LogP contribution in [0.15, 0.2) is 66.1 Å². The molecule has 0 aliphatic rings. The van der Waals surface area contributed by atoms with Gasteiger partial charge in [0, 0.05) is 28.6 Å². The number of thioether (sulfide) groups is 1. The van der Waals surface area contributed by atoms with Crippen LogP contribution in [0.2, 0.25) is 10.0 Å². The van der Waals surface area contributed by atoms with Crippen LogP contribution in [0.1, 0.15) is 18.9 Å². The lowest BCUT2D eigenvalue weighted by Gasteiger charge is -2.30. The molecular weight excluding hydrogens is 390 g/mol. The Morgan fingerprint density at radius 2 is 1.92 bits per heavy atom. The molecule has 0 saturated carbocycles. The van der Waals surface area contributed by atoms with E-state index in [9.17, 15) is 4.39 Å². The second kappa shape index (κ2) is 8.47. The zero-order chi connectivity index (χ0) is 18.6. The second-order valence-electron chi connectivity index (χ2n) is 6.47. The summed E-state index contributed by atoms with van der Waals surface area (Å²) in [7, 11) is 0.